The second-order valence-corrected chi connectivity index (χ2v) is 6.27. The Bertz CT molecular complexity index is 608. The van der Waals surface area contributed by atoms with E-state index in [2.05, 4.69) is 5.32 Å². The van der Waals surface area contributed by atoms with Gasteiger partial charge in [0, 0.05) is 25.6 Å². The fourth-order valence-electron chi connectivity index (χ4n) is 2.81. The van der Waals surface area contributed by atoms with Crippen molar-refractivity contribution >= 4 is 17.8 Å². The van der Waals surface area contributed by atoms with Crippen LogP contribution in [-0.2, 0) is 20.9 Å². The van der Waals surface area contributed by atoms with Gasteiger partial charge in [-0.15, -0.1) is 0 Å². The highest BCUT2D eigenvalue weighted by molar-refractivity contribution is 5.91. The third-order valence-corrected chi connectivity index (χ3v) is 4.42. The summed E-state index contributed by atoms with van der Waals surface area (Å²) in [4.78, 5) is 37.2. The zero-order valence-corrected chi connectivity index (χ0v) is 14.9. The van der Waals surface area contributed by atoms with Gasteiger partial charge in [0.05, 0.1) is 5.56 Å². The second-order valence-electron chi connectivity index (χ2n) is 6.27. The number of benzene rings is 1. The molecule has 0 atom stereocenters. The fourth-order valence-corrected chi connectivity index (χ4v) is 2.81. The number of amides is 2. The van der Waals surface area contributed by atoms with Crippen LogP contribution in [0.4, 0.5) is 0 Å². The Labute approximate surface area is 148 Å². The Balaban J connectivity index is 1.81. The fraction of sp³-hybridized carbons (Fsp3) is 0.526. The molecule has 1 fully saturated rings. The number of hydrogen-bond acceptors (Lipinski definition) is 4. The van der Waals surface area contributed by atoms with E-state index < -0.39 is 5.97 Å². The highest BCUT2D eigenvalue weighted by Crippen LogP contribution is 2.15. The summed E-state index contributed by atoms with van der Waals surface area (Å²) in [7, 11) is 0. The monoisotopic (exact) mass is 346 g/mol. The molecule has 0 aromatic heterocycles. The third kappa shape index (κ3) is 5.59. The molecule has 0 unspecified atom stereocenters. The first-order chi connectivity index (χ1) is 12.0. The van der Waals surface area contributed by atoms with Crippen molar-refractivity contribution in [1.82, 2.24) is 10.2 Å². The molecule has 0 aliphatic carbocycles. The maximum Gasteiger partial charge on any atom is 0.338 e. The zero-order valence-electron chi connectivity index (χ0n) is 14.9. The lowest BCUT2D eigenvalue weighted by molar-refractivity contribution is -0.128. The van der Waals surface area contributed by atoms with Gasteiger partial charge in [-0.05, 0) is 37.0 Å². The number of carbonyl (C=O) groups is 3. The van der Waals surface area contributed by atoms with Gasteiger partial charge < -0.3 is 15.0 Å². The molecular weight excluding hydrogens is 320 g/mol. The average molecular weight is 346 g/mol. The lowest BCUT2D eigenvalue weighted by Crippen LogP contribution is -2.36. The van der Waals surface area contributed by atoms with Crippen molar-refractivity contribution < 1.29 is 19.1 Å². The average Bonchev–Trinajstić information content (AvgIpc) is 3.03. The minimum Gasteiger partial charge on any atom is -0.452 e. The second kappa shape index (κ2) is 9.20. The zero-order chi connectivity index (χ0) is 18.2. The molecule has 136 valence electrons. The molecule has 1 heterocycles. The predicted octanol–water partition coefficient (Wildman–Crippen LogP) is 2.27. The molecule has 1 aliphatic rings. The molecular formula is C19H26N2O4. The number of esters is 1. The molecule has 0 radical (unpaired) electrons. The van der Waals surface area contributed by atoms with E-state index >= 15 is 0 Å². The van der Waals surface area contributed by atoms with Gasteiger partial charge in [0.1, 0.15) is 0 Å². The van der Waals surface area contributed by atoms with E-state index in [9.17, 15) is 14.4 Å². The third-order valence-electron chi connectivity index (χ3n) is 4.42. The minimum absolute atomic E-state index is 0.110. The van der Waals surface area contributed by atoms with E-state index in [4.69, 9.17) is 4.74 Å². The molecule has 0 saturated carbocycles. The molecule has 1 aliphatic heterocycles. The molecule has 0 spiro atoms. The van der Waals surface area contributed by atoms with Gasteiger partial charge in [-0.25, -0.2) is 4.79 Å². The first-order valence-corrected chi connectivity index (χ1v) is 8.86. The van der Waals surface area contributed by atoms with Crippen molar-refractivity contribution in [2.45, 2.75) is 52.1 Å². The van der Waals surface area contributed by atoms with Gasteiger partial charge in [-0.2, -0.15) is 0 Å². The van der Waals surface area contributed by atoms with Crippen LogP contribution >= 0.6 is 0 Å². The number of carbonyl (C=O) groups excluding carboxylic acids is 3. The molecule has 1 aromatic rings. The molecule has 1 N–H and O–H groups in total. The summed E-state index contributed by atoms with van der Waals surface area (Å²) in [5.41, 5.74) is 1.37. The van der Waals surface area contributed by atoms with E-state index in [-0.39, 0.29) is 24.5 Å². The first kappa shape index (κ1) is 19.0. The van der Waals surface area contributed by atoms with Gasteiger partial charge in [0.25, 0.3) is 5.91 Å². The predicted molar refractivity (Wildman–Crippen MR) is 93.9 cm³/mol. The van der Waals surface area contributed by atoms with Crippen molar-refractivity contribution in [1.29, 1.82) is 0 Å². The Morgan fingerprint density at radius 1 is 1.20 bits per heavy atom. The van der Waals surface area contributed by atoms with Gasteiger partial charge in [0.2, 0.25) is 5.91 Å². The van der Waals surface area contributed by atoms with E-state index in [1.165, 1.54) is 0 Å². The highest BCUT2D eigenvalue weighted by atomic mass is 16.5. The number of nitrogens with zero attached hydrogens (tertiary/aromatic N) is 1. The molecule has 6 nitrogen and oxygen atoms in total. The number of hydrogen-bond donors (Lipinski definition) is 1. The molecule has 1 saturated heterocycles. The summed E-state index contributed by atoms with van der Waals surface area (Å²) >= 11 is 0. The van der Waals surface area contributed by atoms with Crippen LogP contribution < -0.4 is 5.32 Å². The lowest BCUT2D eigenvalue weighted by atomic mass is 10.1. The Morgan fingerprint density at radius 2 is 1.88 bits per heavy atom. The molecule has 1 aromatic carbocycles. The largest absolute Gasteiger partial charge is 0.452 e. The van der Waals surface area contributed by atoms with E-state index in [1.807, 2.05) is 30.9 Å². The summed E-state index contributed by atoms with van der Waals surface area (Å²) < 4.78 is 5.05. The summed E-state index contributed by atoms with van der Waals surface area (Å²) in [6.07, 6.45) is 3.21. The molecule has 2 rings (SSSR count). The summed E-state index contributed by atoms with van der Waals surface area (Å²) in [6.45, 7) is 5.06. The van der Waals surface area contributed by atoms with Gasteiger partial charge in [-0.1, -0.05) is 26.0 Å². The van der Waals surface area contributed by atoms with Crippen LogP contribution in [0.1, 0.15) is 55.5 Å². The van der Waals surface area contributed by atoms with Crippen LogP contribution in [0.15, 0.2) is 24.3 Å². The van der Waals surface area contributed by atoms with Crippen molar-refractivity contribution in [3.8, 4) is 0 Å². The quantitative estimate of drug-likeness (QED) is 0.733. The van der Waals surface area contributed by atoms with Crippen LogP contribution in [0.2, 0.25) is 0 Å². The lowest BCUT2D eigenvalue weighted by Gasteiger charge is -2.16. The number of nitrogens with one attached hydrogen (secondary N) is 1. The maximum atomic E-state index is 12.0. The normalized spacial score (nSPS) is 14.0. The van der Waals surface area contributed by atoms with Crippen molar-refractivity contribution in [3.05, 3.63) is 35.4 Å². The van der Waals surface area contributed by atoms with E-state index in [0.29, 0.717) is 18.5 Å². The first-order valence-electron chi connectivity index (χ1n) is 8.86. The maximum absolute atomic E-state index is 12.0. The standard InChI is InChI=1S/C19H26N2O4/c1-3-16(4-2)20-17(22)13-25-19(24)15-9-7-14(8-10-15)12-21-11-5-6-18(21)23/h7-10,16H,3-6,11-13H2,1-2H3,(H,20,22). The Morgan fingerprint density at radius 3 is 2.44 bits per heavy atom. The van der Waals surface area contributed by atoms with Crippen molar-refractivity contribution in [2.24, 2.45) is 0 Å². The van der Waals surface area contributed by atoms with Crippen LogP contribution in [0.3, 0.4) is 0 Å². The molecule has 0 bridgehead atoms. The number of likely N-dealkylation sites (tertiary alicyclic amines) is 1. The summed E-state index contributed by atoms with van der Waals surface area (Å²) in [6, 6.07) is 7.06. The SMILES string of the molecule is CCC(CC)NC(=O)COC(=O)c1ccc(CN2CCCC2=O)cc1. The molecule has 2 amide bonds. The number of rotatable bonds is 8. The minimum atomic E-state index is -0.525. The van der Waals surface area contributed by atoms with E-state index in [0.717, 1.165) is 31.4 Å². The van der Waals surface area contributed by atoms with Gasteiger partial charge in [0.15, 0.2) is 6.61 Å². The van der Waals surface area contributed by atoms with Gasteiger partial charge in [-0.3, -0.25) is 9.59 Å². The summed E-state index contributed by atoms with van der Waals surface area (Å²) in [5.74, 6) is -0.637. The Hall–Kier alpha value is -2.37. The van der Waals surface area contributed by atoms with Gasteiger partial charge >= 0.3 is 5.97 Å². The smallest absolute Gasteiger partial charge is 0.338 e. The van der Waals surface area contributed by atoms with Crippen LogP contribution in [0, 0.1) is 0 Å². The van der Waals surface area contributed by atoms with Crippen LogP contribution in [0.25, 0.3) is 0 Å². The topological polar surface area (TPSA) is 75.7 Å². The van der Waals surface area contributed by atoms with Crippen molar-refractivity contribution in [2.75, 3.05) is 13.2 Å². The van der Waals surface area contributed by atoms with Crippen LogP contribution in [0.5, 0.6) is 0 Å². The van der Waals surface area contributed by atoms with E-state index in [1.54, 1.807) is 12.1 Å². The Kier molecular flexibility index (Phi) is 6.98. The number of ether oxygens (including phenoxy) is 1. The highest BCUT2D eigenvalue weighted by Gasteiger charge is 2.20. The molecule has 6 heteroatoms. The van der Waals surface area contributed by atoms with Crippen LogP contribution in [-0.4, -0.2) is 41.9 Å². The molecule has 25 heavy (non-hydrogen) atoms. The van der Waals surface area contributed by atoms with Crippen molar-refractivity contribution in [3.63, 3.8) is 0 Å². The summed E-state index contributed by atoms with van der Waals surface area (Å²) in [5, 5.41) is 2.82.